The molecule has 0 unspecified atom stereocenters. The summed E-state index contributed by atoms with van der Waals surface area (Å²) in [6.45, 7) is 2.37. The summed E-state index contributed by atoms with van der Waals surface area (Å²) in [4.78, 5) is 1.08. The Bertz CT molecular complexity index is 534. The normalized spacial score (nSPS) is 11.7. The van der Waals surface area contributed by atoms with Gasteiger partial charge in [-0.1, -0.05) is 6.07 Å². The van der Waals surface area contributed by atoms with Crippen LogP contribution in [0.2, 0.25) is 0 Å². The summed E-state index contributed by atoms with van der Waals surface area (Å²) in [6.07, 6.45) is 0. The number of nitrogens with two attached hydrogens (primary N) is 1. The highest BCUT2D eigenvalue weighted by molar-refractivity contribution is 9.10. The van der Waals surface area contributed by atoms with Crippen molar-refractivity contribution in [3.05, 3.63) is 44.6 Å². The van der Waals surface area contributed by atoms with Gasteiger partial charge in [0, 0.05) is 4.88 Å². The zero-order valence-electron chi connectivity index (χ0n) is 10.3. The van der Waals surface area contributed by atoms with E-state index in [2.05, 4.69) is 15.9 Å². The molecule has 3 N–H and O–H groups in total. The maximum absolute atomic E-state index is 9.86. The second-order valence-corrected chi connectivity index (χ2v) is 5.61. The lowest BCUT2D eigenvalue weighted by Crippen LogP contribution is -2.10. The number of benzene rings is 1. The minimum atomic E-state index is -0.207. The van der Waals surface area contributed by atoms with E-state index in [4.69, 9.17) is 10.5 Å². The zero-order valence-corrected chi connectivity index (χ0v) is 13.5. The molecule has 6 heteroatoms. The predicted molar refractivity (Wildman–Crippen MR) is 84.6 cm³/mol. The number of thiophene rings is 1. The van der Waals surface area contributed by atoms with E-state index in [0.717, 1.165) is 10.4 Å². The zero-order chi connectivity index (χ0) is 13.1. The molecule has 0 saturated carbocycles. The van der Waals surface area contributed by atoms with Gasteiger partial charge in [-0.15, -0.1) is 23.7 Å². The van der Waals surface area contributed by atoms with Crippen LogP contribution < -0.4 is 10.5 Å². The molecule has 1 heterocycles. The average molecular weight is 365 g/mol. The van der Waals surface area contributed by atoms with Crippen LogP contribution in [0.4, 0.5) is 0 Å². The van der Waals surface area contributed by atoms with E-state index in [1.165, 1.54) is 0 Å². The standard InChI is InChI=1S/C13H14BrNO2S.ClH/c1-2-17-10-7-8(6-9(14)13(10)16)12(15)11-4-3-5-18-11;/h3-7,12,16H,2,15H2,1H3;1H/t12-;/m0./s1. The molecule has 3 nitrogen and oxygen atoms in total. The molecule has 0 amide bonds. The Hall–Kier alpha value is -0.750. The van der Waals surface area contributed by atoms with Crippen molar-refractivity contribution in [2.45, 2.75) is 13.0 Å². The minimum Gasteiger partial charge on any atom is -0.503 e. The molecule has 0 saturated heterocycles. The number of phenolic OH excluding ortho intramolecular Hbond substituents is 1. The fourth-order valence-corrected chi connectivity index (χ4v) is 2.89. The van der Waals surface area contributed by atoms with E-state index in [1.54, 1.807) is 17.4 Å². The molecule has 2 aromatic rings. The summed E-state index contributed by atoms with van der Waals surface area (Å²) in [5.41, 5.74) is 7.11. The summed E-state index contributed by atoms with van der Waals surface area (Å²) in [7, 11) is 0. The van der Waals surface area contributed by atoms with E-state index in [1.807, 2.05) is 30.5 Å². The highest BCUT2D eigenvalue weighted by atomic mass is 79.9. The molecule has 0 spiro atoms. The fraction of sp³-hybridized carbons (Fsp3) is 0.231. The molecule has 0 aliphatic carbocycles. The van der Waals surface area contributed by atoms with Gasteiger partial charge in [0.15, 0.2) is 11.5 Å². The third-order valence-electron chi connectivity index (χ3n) is 2.56. The van der Waals surface area contributed by atoms with E-state index in [0.29, 0.717) is 16.8 Å². The highest BCUT2D eigenvalue weighted by Crippen LogP contribution is 2.38. The second-order valence-electron chi connectivity index (χ2n) is 3.78. The van der Waals surface area contributed by atoms with Crippen molar-refractivity contribution in [3.63, 3.8) is 0 Å². The summed E-state index contributed by atoms with van der Waals surface area (Å²) in [6, 6.07) is 7.37. The van der Waals surface area contributed by atoms with Crippen LogP contribution in [-0.2, 0) is 0 Å². The van der Waals surface area contributed by atoms with Crippen molar-refractivity contribution in [1.82, 2.24) is 0 Å². The largest absolute Gasteiger partial charge is 0.503 e. The molecule has 104 valence electrons. The monoisotopic (exact) mass is 363 g/mol. The Morgan fingerprint density at radius 1 is 1.47 bits per heavy atom. The van der Waals surface area contributed by atoms with Gasteiger partial charge in [0.05, 0.1) is 17.1 Å². The fourth-order valence-electron chi connectivity index (χ4n) is 1.67. The molecular weight excluding hydrogens is 350 g/mol. The van der Waals surface area contributed by atoms with Gasteiger partial charge in [0.25, 0.3) is 0 Å². The van der Waals surface area contributed by atoms with Crippen LogP contribution in [0.25, 0.3) is 0 Å². The molecule has 0 radical (unpaired) electrons. The van der Waals surface area contributed by atoms with E-state index in [-0.39, 0.29) is 24.2 Å². The van der Waals surface area contributed by atoms with E-state index < -0.39 is 0 Å². The quantitative estimate of drug-likeness (QED) is 0.859. The van der Waals surface area contributed by atoms with Crippen molar-refractivity contribution in [2.75, 3.05) is 6.61 Å². The maximum Gasteiger partial charge on any atom is 0.172 e. The van der Waals surface area contributed by atoms with Crippen LogP contribution in [0.1, 0.15) is 23.4 Å². The molecule has 1 aromatic carbocycles. The lowest BCUT2D eigenvalue weighted by atomic mass is 10.1. The lowest BCUT2D eigenvalue weighted by Gasteiger charge is -2.14. The van der Waals surface area contributed by atoms with Crippen molar-refractivity contribution < 1.29 is 9.84 Å². The summed E-state index contributed by atoms with van der Waals surface area (Å²) < 4.78 is 5.99. The molecule has 19 heavy (non-hydrogen) atoms. The number of hydrogen-bond acceptors (Lipinski definition) is 4. The van der Waals surface area contributed by atoms with Gasteiger partial charge in [-0.05, 0) is 52.0 Å². The van der Waals surface area contributed by atoms with Gasteiger partial charge in [0.1, 0.15) is 0 Å². The highest BCUT2D eigenvalue weighted by Gasteiger charge is 2.15. The third kappa shape index (κ3) is 3.63. The predicted octanol–water partition coefficient (Wildman–Crippen LogP) is 4.08. The van der Waals surface area contributed by atoms with Gasteiger partial charge in [-0.25, -0.2) is 0 Å². The van der Waals surface area contributed by atoms with E-state index >= 15 is 0 Å². The van der Waals surface area contributed by atoms with Crippen molar-refractivity contribution >= 4 is 39.7 Å². The molecule has 0 bridgehead atoms. The molecule has 0 aliphatic heterocycles. The van der Waals surface area contributed by atoms with Crippen LogP contribution in [-0.4, -0.2) is 11.7 Å². The molecule has 0 aliphatic rings. The smallest absolute Gasteiger partial charge is 0.172 e. The first-order valence-electron chi connectivity index (χ1n) is 5.57. The third-order valence-corrected chi connectivity index (χ3v) is 4.12. The van der Waals surface area contributed by atoms with Gasteiger partial charge in [-0.3, -0.25) is 0 Å². The van der Waals surface area contributed by atoms with Gasteiger partial charge in [0.2, 0.25) is 0 Å². The number of ether oxygens (including phenoxy) is 1. The second kappa shape index (κ2) is 7.14. The minimum absolute atomic E-state index is 0. The van der Waals surface area contributed by atoms with Crippen molar-refractivity contribution in [2.24, 2.45) is 5.73 Å². The number of hydrogen-bond donors (Lipinski definition) is 2. The topological polar surface area (TPSA) is 55.5 Å². The Morgan fingerprint density at radius 3 is 2.79 bits per heavy atom. The molecule has 0 fully saturated rings. The first kappa shape index (κ1) is 16.3. The summed E-state index contributed by atoms with van der Waals surface area (Å²) >= 11 is 4.93. The van der Waals surface area contributed by atoms with Crippen molar-refractivity contribution in [1.29, 1.82) is 0 Å². The first-order chi connectivity index (χ1) is 8.63. The van der Waals surface area contributed by atoms with Crippen LogP contribution in [0, 0.1) is 0 Å². The van der Waals surface area contributed by atoms with E-state index in [9.17, 15) is 5.11 Å². The summed E-state index contributed by atoms with van der Waals surface area (Å²) in [5, 5.41) is 11.8. The maximum atomic E-state index is 9.86. The number of aromatic hydroxyl groups is 1. The average Bonchev–Trinajstić information content (AvgIpc) is 2.87. The SMILES string of the molecule is CCOc1cc([C@H](N)c2cccs2)cc(Br)c1O.Cl. The van der Waals surface area contributed by atoms with Crippen LogP contribution in [0.5, 0.6) is 11.5 Å². The van der Waals surface area contributed by atoms with Crippen LogP contribution in [0.3, 0.4) is 0 Å². The molecule has 1 aromatic heterocycles. The molecule has 1 atom stereocenters. The summed E-state index contributed by atoms with van der Waals surface area (Å²) in [5.74, 6) is 0.563. The molecular formula is C13H15BrClNO2S. The van der Waals surface area contributed by atoms with Gasteiger partial charge >= 0.3 is 0 Å². The van der Waals surface area contributed by atoms with Gasteiger partial charge < -0.3 is 15.6 Å². The van der Waals surface area contributed by atoms with Crippen LogP contribution >= 0.6 is 39.7 Å². The number of phenols is 1. The Balaban J connectivity index is 0.00000180. The van der Waals surface area contributed by atoms with Crippen LogP contribution in [0.15, 0.2) is 34.1 Å². The Kier molecular flexibility index (Phi) is 6.13. The molecule has 2 rings (SSSR count). The van der Waals surface area contributed by atoms with Gasteiger partial charge in [-0.2, -0.15) is 0 Å². The first-order valence-corrected chi connectivity index (χ1v) is 7.25. The Morgan fingerprint density at radius 2 is 2.21 bits per heavy atom. The number of halogens is 2. The number of rotatable bonds is 4. The Labute approximate surface area is 130 Å². The van der Waals surface area contributed by atoms with Crippen molar-refractivity contribution in [3.8, 4) is 11.5 Å². The lowest BCUT2D eigenvalue weighted by molar-refractivity contribution is 0.316.